The second kappa shape index (κ2) is 5.82. The van der Waals surface area contributed by atoms with Gasteiger partial charge in [0.05, 0.1) is 13.0 Å². The van der Waals surface area contributed by atoms with Crippen molar-refractivity contribution in [2.75, 3.05) is 13.7 Å². The van der Waals surface area contributed by atoms with Gasteiger partial charge in [-0.25, -0.2) is 0 Å². The Morgan fingerprint density at radius 2 is 2.12 bits per heavy atom. The molecule has 1 saturated carbocycles. The first-order valence-corrected chi connectivity index (χ1v) is 5.76. The molecule has 1 aliphatic carbocycles. The average molecular weight is 229 g/mol. The van der Waals surface area contributed by atoms with Gasteiger partial charge in [0.2, 0.25) is 6.54 Å². The highest BCUT2D eigenvalue weighted by atomic mass is 16.6. The minimum Gasteiger partial charge on any atom is -0.469 e. The fourth-order valence-corrected chi connectivity index (χ4v) is 2.66. The van der Waals surface area contributed by atoms with Crippen LogP contribution >= 0.6 is 0 Å². The molecule has 1 fully saturated rings. The van der Waals surface area contributed by atoms with Gasteiger partial charge < -0.3 is 4.74 Å². The lowest BCUT2D eigenvalue weighted by Gasteiger charge is -2.32. The topological polar surface area (TPSA) is 69.4 Å². The second-order valence-electron chi connectivity index (χ2n) is 4.57. The van der Waals surface area contributed by atoms with Gasteiger partial charge in [0.1, 0.15) is 0 Å². The zero-order chi connectivity index (χ0) is 12.1. The maximum absolute atomic E-state index is 11.6. The average Bonchev–Trinajstić information content (AvgIpc) is 2.27. The predicted molar refractivity (Wildman–Crippen MR) is 58.5 cm³/mol. The molecule has 3 atom stereocenters. The molecule has 0 aromatic carbocycles. The number of nitro groups is 1. The summed E-state index contributed by atoms with van der Waals surface area (Å²) in [5.74, 6) is -0.306. The van der Waals surface area contributed by atoms with Crippen LogP contribution in [0.25, 0.3) is 0 Å². The molecule has 5 nitrogen and oxygen atoms in total. The van der Waals surface area contributed by atoms with Crippen LogP contribution in [-0.2, 0) is 9.53 Å². The van der Waals surface area contributed by atoms with E-state index in [2.05, 4.69) is 0 Å². The van der Waals surface area contributed by atoms with Crippen molar-refractivity contribution in [1.82, 2.24) is 0 Å². The second-order valence-corrected chi connectivity index (χ2v) is 4.57. The van der Waals surface area contributed by atoms with Crippen LogP contribution in [0, 0.1) is 27.9 Å². The molecule has 1 aliphatic rings. The van der Waals surface area contributed by atoms with E-state index in [9.17, 15) is 14.9 Å². The third-order valence-corrected chi connectivity index (χ3v) is 3.49. The Kier molecular flexibility index (Phi) is 4.71. The minimum absolute atomic E-state index is 0.0561. The van der Waals surface area contributed by atoms with Crippen molar-refractivity contribution in [2.45, 2.75) is 32.6 Å². The lowest BCUT2D eigenvalue weighted by Crippen LogP contribution is -2.34. The van der Waals surface area contributed by atoms with E-state index in [4.69, 9.17) is 4.74 Å². The summed E-state index contributed by atoms with van der Waals surface area (Å²) in [6, 6.07) is 0. The zero-order valence-corrected chi connectivity index (χ0v) is 9.85. The van der Waals surface area contributed by atoms with Crippen LogP contribution in [0.5, 0.6) is 0 Å². The largest absolute Gasteiger partial charge is 0.469 e. The van der Waals surface area contributed by atoms with Gasteiger partial charge in [-0.3, -0.25) is 14.9 Å². The molecule has 0 amide bonds. The summed E-state index contributed by atoms with van der Waals surface area (Å²) in [6.07, 6.45) is 3.77. The molecule has 0 spiro atoms. The molecule has 0 N–H and O–H groups in total. The molecule has 3 unspecified atom stereocenters. The van der Waals surface area contributed by atoms with E-state index in [1.165, 1.54) is 7.11 Å². The third-order valence-electron chi connectivity index (χ3n) is 3.49. The summed E-state index contributed by atoms with van der Waals surface area (Å²) in [5.41, 5.74) is 0. The maximum Gasteiger partial charge on any atom is 0.308 e. The lowest BCUT2D eigenvalue weighted by atomic mass is 9.73. The Labute approximate surface area is 95.3 Å². The standard InChI is InChI=1S/C11H19NO4/c1-8(7-12(14)15)9-5-3-4-6-10(9)11(13)16-2/h8-10H,3-7H2,1-2H3. The van der Waals surface area contributed by atoms with Crippen LogP contribution in [-0.4, -0.2) is 24.5 Å². The summed E-state index contributed by atoms with van der Waals surface area (Å²) in [6.45, 7) is 1.80. The van der Waals surface area contributed by atoms with E-state index in [0.717, 1.165) is 25.7 Å². The quantitative estimate of drug-likeness (QED) is 0.419. The van der Waals surface area contributed by atoms with Crippen molar-refractivity contribution in [2.24, 2.45) is 17.8 Å². The van der Waals surface area contributed by atoms with Crippen LogP contribution in [0.15, 0.2) is 0 Å². The van der Waals surface area contributed by atoms with Crippen LogP contribution in [0.3, 0.4) is 0 Å². The number of esters is 1. The molecule has 0 aliphatic heterocycles. The smallest absolute Gasteiger partial charge is 0.308 e. The van der Waals surface area contributed by atoms with Crippen molar-refractivity contribution in [3.05, 3.63) is 10.1 Å². The molecule has 1 rings (SSSR count). The van der Waals surface area contributed by atoms with Gasteiger partial charge >= 0.3 is 5.97 Å². The molecule has 0 heterocycles. The fourth-order valence-electron chi connectivity index (χ4n) is 2.66. The van der Waals surface area contributed by atoms with E-state index in [0.29, 0.717) is 0 Å². The van der Waals surface area contributed by atoms with Gasteiger partial charge in [0, 0.05) is 10.8 Å². The Morgan fingerprint density at radius 3 is 2.69 bits per heavy atom. The molecule has 0 radical (unpaired) electrons. The minimum atomic E-state index is -0.298. The fraction of sp³-hybridized carbons (Fsp3) is 0.909. The highest BCUT2D eigenvalue weighted by Crippen LogP contribution is 2.35. The number of hydrogen-bond donors (Lipinski definition) is 0. The summed E-state index contributed by atoms with van der Waals surface area (Å²) >= 11 is 0. The Balaban J connectivity index is 2.65. The van der Waals surface area contributed by atoms with Crippen molar-refractivity contribution in [3.8, 4) is 0 Å². The Morgan fingerprint density at radius 1 is 1.50 bits per heavy atom. The Bertz CT molecular complexity index is 267. The van der Waals surface area contributed by atoms with Crippen LogP contribution in [0.1, 0.15) is 32.6 Å². The monoisotopic (exact) mass is 229 g/mol. The van der Waals surface area contributed by atoms with Gasteiger partial charge in [0.25, 0.3) is 0 Å². The number of nitrogens with zero attached hydrogens (tertiary/aromatic N) is 1. The van der Waals surface area contributed by atoms with Crippen molar-refractivity contribution >= 4 is 5.97 Å². The zero-order valence-electron chi connectivity index (χ0n) is 9.85. The molecular formula is C11H19NO4. The van der Waals surface area contributed by atoms with Crippen LogP contribution in [0.4, 0.5) is 0 Å². The van der Waals surface area contributed by atoms with E-state index in [1.54, 1.807) is 0 Å². The molecule has 0 aromatic rings. The van der Waals surface area contributed by atoms with Gasteiger partial charge in [-0.1, -0.05) is 19.8 Å². The van der Waals surface area contributed by atoms with Crippen LogP contribution < -0.4 is 0 Å². The Hall–Kier alpha value is -1.13. The third kappa shape index (κ3) is 3.18. The molecule has 16 heavy (non-hydrogen) atoms. The first kappa shape index (κ1) is 12.9. The number of rotatable bonds is 4. The molecule has 0 aromatic heterocycles. The molecule has 0 bridgehead atoms. The number of methoxy groups -OCH3 is 1. The number of ether oxygens (including phenoxy) is 1. The maximum atomic E-state index is 11.6. The highest BCUT2D eigenvalue weighted by Gasteiger charge is 2.36. The predicted octanol–water partition coefficient (Wildman–Crippen LogP) is 1.88. The van der Waals surface area contributed by atoms with E-state index >= 15 is 0 Å². The van der Waals surface area contributed by atoms with Crippen molar-refractivity contribution in [3.63, 3.8) is 0 Å². The summed E-state index contributed by atoms with van der Waals surface area (Å²) in [7, 11) is 1.38. The van der Waals surface area contributed by atoms with Gasteiger partial charge in [-0.15, -0.1) is 0 Å². The van der Waals surface area contributed by atoms with E-state index < -0.39 is 0 Å². The summed E-state index contributed by atoms with van der Waals surface area (Å²) in [5, 5.41) is 10.5. The lowest BCUT2D eigenvalue weighted by molar-refractivity contribution is -0.489. The highest BCUT2D eigenvalue weighted by molar-refractivity contribution is 5.72. The molecule has 0 saturated heterocycles. The van der Waals surface area contributed by atoms with E-state index in [-0.39, 0.29) is 35.2 Å². The summed E-state index contributed by atoms with van der Waals surface area (Å²) in [4.78, 5) is 21.8. The van der Waals surface area contributed by atoms with Crippen molar-refractivity contribution in [1.29, 1.82) is 0 Å². The van der Waals surface area contributed by atoms with Gasteiger partial charge in [0.15, 0.2) is 0 Å². The first-order chi connectivity index (χ1) is 7.56. The first-order valence-electron chi connectivity index (χ1n) is 5.76. The SMILES string of the molecule is COC(=O)C1CCCCC1C(C)C[N+](=O)[O-]. The van der Waals surface area contributed by atoms with Gasteiger partial charge in [-0.05, 0) is 18.8 Å². The number of carbonyl (C=O) groups is 1. The molecular weight excluding hydrogens is 210 g/mol. The molecule has 5 heteroatoms. The van der Waals surface area contributed by atoms with Gasteiger partial charge in [-0.2, -0.15) is 0 Å². The number of carbonyl (C=O) groups excluding carboxylic acids is 1. The van der Waals surface area contributed by atoms with Crippen molar-refractivity contribution < 1.29 is 14.5 Å². The molecule has 92 valence electrons. The summed E-state index contributed by atoms with van der Waals surface area (Å²) < 4.78 is 4.77. The normalized spacial score (nSPS) is 27.1. The number of hydrogen-bond acceptors (Lipinski definition) is 4. The van der Waals surface area contributed by atoms with Crippen LogP contribution in [0.2, 0.25) is 0 Å². The van der Waals surface area contributed by atoms with E-state index in [1.807, 2.05) is 6.92 Å².